The first kappa shape index (κ1) is 18.2. The van der Waals surface area contributed by atoms with E-state index in [1.165, 1.54) is 11.8 Å². The zero-order chi connectivity index (χ0) is 19.2. The van der Waals surface area contributed by atoms with Gasteiger partial charge in [0.25, 0.3) is 5.56 Å². The van der Waals surface area contributed by atoms with Gasteiger partial charge in [-0.3, -0.25) is 9.36 Å². The quantitative estimate of drug-likeness (QED) is 0.506. The van der Waals surface area contributed by atoms with Crippen LogP contribution in [0.25, 0.3) is 16.7 Å². The summed E-state index contributed by atoms with van der Waals surface area (Å²) in [6.07, 6.45) is 3.60. The third-order valence-corrected chi connectivity index (χ3v) is 6.04. The van der Waals surface area contributed by atoms with Crippen molar-refractivity contribution in [3.05, 3.63) is 57.5 Å². The molecule has 0 saturated carbocycles. The minimum Gasteiger partial charge on any atom is -0.370 e. The van der Waals surface area contributed by atoms with E-state index in [4.69, 9.17) is 14.7 Å². The maximum Gasteiger partial charge on any atom is 0.268 e. The summed E-state index contributed by atoms with van der Waals surface area (Å²) >= 11 is 1.46. The van der Waals surface area contributed by atoms with Crippen LogP contribution in [0.1, 0.15) is 37.1 Å². The van der Waals surface area contributed by atoms with E-state index < -0.39 is 0 Å². The molecule has 3 aromatic rings. The van der Waals surface area contributed by atoms with E-state index in [0.29, 0.717) is 22.8 Å². The number of rotatable bonds is 3. The van der Waals surface area contributed by atoms with Crippen molar-refractivity contribution in [3.63, 3.8) is 0 Å². The zero-order valence-corrected chi connectivity index (χ0v) is 16.9. The van der Waals surface area contributed by atoms with Gasteiger partial charge in [-0.05, 0) is 44.2 Å². The van der Waals surface area contributed by atoms with Gasteiger partial charge in [0.2, 0.25) is 0 Å². The second-order valence-corrected chi connectivity index (χ2v) is 8.03. The SMILES string of the molecule is CCC1(C)Cc2nc3nc(SC)n(-c4ccccc4C)c(=O)c3cc2CO1. The van der Waals surface area contributed by atoms with E-state index in [9.17, 15) is 4.79 Å². The Morgan fingerprint density at radius 3 is 2.78 bits per heavy atom. The topological polar surface area (TPSA) is 57.0 Å². The number of aromatic nitrogens is 3. The van der Waals surface area contributed by atoms with Crippen LogP contribution in [0, 0.1) is 6.92 Å². The lowest BCUT2D eigenvalue weighted by molar-refractivity contribution is -0.0573. The van der Waals surface area contributed by atoms with Crippen molar-refractivity contribution in [3.8, 4) is 5.69 Å². The van der Waals surface area contributed by atoms with Gasteiger partial charge in [-0.1, -0.05) is 36.9 Å². The molecule has 27 heavy (non-hydrogen) atoms. The van der Waals surface area contributed by atoms with Crippen LogP contribution in [0.5, 0.6) is 0 Å². The van der Waals surface area contributed by atoms with Crippen molar-refractivity contribution in [2.45, 2.75) is 51.0 Å². The number of aryl methyl sites for hydroxylation is 1. The van der Waals surface area contributed by atoms with E-state index >= 15 is 0 Å². The van der Waals surface area contributed by atoms with Crippen molar-refractivity contribution in [2.24, 2.45) is 0 Å². The lowest BCUT2D eigenvalue weighted by Crippen LogP contribution is -2.35. The number of thioether (sulfide) groups is 1. The van der Waals surface area contributed by atoms with Crippen LogP contribution in [-0.4, -0.2) is 26.4 Å². The molecule has 1 aliphatic rings. The molecule has 4 rings (SSSR count). The molecule has 0 N–H and O–H groups in total. The van der Waals surface area contributed by atoms with Gasteiger partial charge in [0.15, 0.2) is 10.8 Å². The Balaban J connectivity index is 1.96. The van der Waals surface area contributed by atoms with Gasteiger partial charge < -0.3 is 4.74 Å². The highest BCUT2D eigenvalue weighted by atomic mass is 32.2. The molecule has 0 aliphatic carbocycles. The standard InChI is InChI=1S/C21H23N3O2S/c1-5-21(3)11-16-14(12-26-21)10-15-18(22-16)23-20(27-4)24(19(15)25)17-9-7-6-8-13(17)2/h6-10H,5,11-12H2,1-4H3. The molecule has 0 saturated heterocycles. The minimum absolute atomic E-state index is 0.0854. The fourth-order valence-corrected chi connectivity index (χ4v) is 4.04. The number of nitrogens with zero attached hydrogens (tertiary/aromatic N) is 3. The Kier molecular flexibility index (Phi) is 4.56. The van der Waals surface area contributed by atoms with E-state index in [2.05, 4.69) is 13.8 Å². The molecule has 6 heteroatoms. The fourth-order valence-electron chi connectivity index (χ4n) is 3.50. The molecule has 1 unspecified atom stereocenters. The second-order valence-electron chi connectivity index (χ2n) is 7.26. The van der Waals surface area contributed by atoms with Crippen LogP contribution < -0.4 is 5.56 Å². The van der Waals surface area contributed by atoms with Crippen LogP contribution in [0.3, 0.4) is 0 Å². The molecule has 140 valence electrons. The molecule has 0 spiro atoms. The lowest BCUT2D eigenvalue weighted by atomic mass is 9.91. The Hall–Kier alpha value is -2.18. The number of para-hydroxylation sites is 1. The highest BCUT2D eigenvalue weighted by Crippen LogP contribution is 2.31. The molecule has 1 atom stereocenters. The van der Waals surface area contributed by atoms with E-state index in [-0.39, 0.29) is 11.2 Å². The molecule has 0 radical (unpaired) electrons. The molecule has 2 aromatic heterocycles. The smallest absolute Gasteiger partial charge is 0.268 e. The van der Waals surface area contributed by atoms with Gasteiger partial charge in [0, 0.05) is 12.0 Å². The maximum absolute atomic E-state index is 13.4. The normalized spacial score (nSPS) is 19.3. The summed E-state index contributed by atoms with van der Waals surface area (Å²) in [5, 5.41) is 1.19. The second kappa shape index (κ2) is 6.77. The van der Waals surface area contributed by atoms with E-state index in [1.807, 2.05) is 43.5 Å². The number of fused-ring (bicyclic) bond motifs is 2. The van der Waals surface area contributed by atoms with Crippen LogP contribution in [-0.2, 0) is 17.8 Å². The first-order valence-corrected chi connectivity index (χ1v) is 10.4. The average Bonchev–Trinajstić information content (AvgIpc) is 2.67. The number of hydrogen-bond acceptors (Lipinski definition) is 5. The highest BCUT2D eigenvalue weighted by Gasteiger charge is 2.31. The summed E-state index contributed by atoms with van der Waals surface area (Å²) in [5.74, 6) is 0. The largest absolute Gasteiger partial charge is 0.370 e. The summed E-state index contributed by atoms with van der Waals surface area (Å²) < 4.78 is 7.73. The summed E-state index contributed by atoms with van der Waals surface area (Å²) in [7, 11) is 0. The molecule has 1 aliphatic heterocycles. The van der Waals surface area contributed by atoms with Crippen molar-refractivity contribution in [1.29, 1.82) is 0 Å². The summed E-state index contributed by atoms with van der Waals surface area (Å²) in [6, 6.07) is 9.78. The monoisotopic (exact) mass is 381 g/mol. The number of benzene rings is 1. The highest BCUT2D eigenvalue weighted by molar-refractivity contribution is 7.98. The number of hydrogen-bond donors (Lipinski definition) is 0. The molecular weight excluding hydrogens is 358 g/mol. The molecule has 0 fully saturated rings. The van der Waals surface area contributed by atoms with Crippen molar-refractivity contribution < 1.29 is 4.74 Å². The summed E-state index contributed by atoms with van der Waals surface area (Å²) in [5.41, 5.74) is 4.10. The van der Waals surface area contributed by atoms with Crippen LogP contribution in [0.2, 0.25) is 0 Å². The van der Waals surface area contributed by atoms with E-state index in [0.717, 1.165) is 35.3 Å². The maximum atomic E-state index is 13.4. The van der Waals surface area contributed by atoms with Crippen LogP contribution >= 0.6 is 11.8 Å². The Bertz CT molecular complexity index is 1090. The molecule has 0 amide bonds. The third-order valence-electron chi connectivity index (χ3n) is 5.40. The predicted molar refractivity (Wildman–Crippen MR) is 109 cm³/mol. The first-order valence-electron chi connectivity index (χ1n) is 9.15. The Labute approximate surface area is 162 Å². The summed E-state index contributed by atoms with van der Waals surface area (Å²) in [6.45, 7) is 6.72. The summed E-state index contributed by atoms with van der Waals surface area (Å²) in [4.78, 5) is 22.9. The van der Waals surface area contributed by atoms with Gasteiger partial charge in [-0.15, -0.1) is 0 Å². The third kappa shape index (κ3) is 3.07. The lowest BCUT2D eigenvalue weighted by Gasteiger charge is -2.33. The first-order chi connectivity index (χ1) is 13.0. The Morgan fingerprint density at radius 1 is 1.30 bits per heavy atom. The molecule has 1 aromatic carbocycles. The van der Waals surface area contributed by atoms with Gasteiger partial charge in [-0.25, -0.2) is 9.97 Å². The predicted octanol–water partition coefficient (Wildman–Crippen LogP) is 4.05. The van der Waals surface area contributed by atoms with Gasteiger partial charge in [0.05, 0.1) is 29.0 Å². The molecule has 0 bridgehead atoms. The van der Waals surface area contributed by atoms with Gasteiger partial charge in [0.1, 0.15) is 0 Å². The van der Waals surface area contributed by atoms with Crippen molar-refractivity contribution in [1.82, 2.24) is 14.5 Å². The van der Waals surface area contributed by atoms with Crippen molar-refractivity contribution in [2.75, 3.05) is 6.26 Å². The molecular formula is C21H23N3O2S. The molecule has 5 nitrogen and oxygen atoms in total. The zero-order valence-electron chi connectivity index (χ0n) is 16.1. The van der Waals surface area contributed by atoms with E-state index in [1.54, 1.807) is 4.57 Å². The number of ether oxygens (including phenoxy) is 1. The average molecular weight is 382 g/mol. The fraction of sp³-hybridized carbons (Fsp3) is 0.381. The van der Waals surface area contributed by atoms with Crippen LogP contribution in [0.15, 0.2) is 40.3 Å². The molecule has 3 heterocycles. The van der Waals surface area contributed by atoms with Crippen LogP contribution in [0.4, 0.5) is 0 Å². The Morgan fingerprint density at radius 2 is 2.07 bits per heavy atom. The van der Waals surface area contributed by atoms with Gasteiger partial charge >= 0.3 is 0 Å². The van der Waals surface area contributed by atoms with Crippen molar-refractivity contribution >= 4 is 22.8 Å². The minimum atomic E-state index is -0.202. The van der Waals surface area contributed by atoms with Gasteiger partial charge in [-0.2, -0.15) is 0 Å². The number of pyridine rings is 1.